The van der Waals surface area contributed by atoms with Crippen molar-refractivity contribution in [1.82, 2.24) is 9.80 Å². The van der Waals surface area contributed by atoms with E-state index in [0.29, 0.717) is 11.8 Å². The molecule has 1 saturated heterocycles. The fourth-order valence-electron chi connectivity index (χ4n) is 4.38. The maximum Gasteiger partial charge on any atom is 0.225 e. The Hall–Kier alpha value is -0.570. The Balaban J connectivity index is 1.55. The van der Waals surface area contributed by atoms with Crippen LogP contribution in [0.5, 0.6) is 0 Å². The van der Waals surface area contributed by atoms with E-state index in [-0.39, 0.29) is 0 Å². The molecule has 0 spiro atoms. The van der Waals surface area contributed by atoms with Crippen LogP contribution in [0.2, 0.25) is 0 Å². The maximum absolute atomic E-state index is 12.6. The minimum Gasteiger partial charge on any atom is -0.340 e. The molecule has 3 rings (SSSR count). The van der Waals surface area contributed by atoms with Crippen LogP contribution in [0.1, 0.15) is 44.9 Å². The van der Waals surface area contributed by atoms with E-state index < -0.39 is 0 Å². The Morgan fingerprint density at radius 3 is 2.32 bits per heavy atom. The number of amides is 1. The van der Waals surface area contributed by atoms with Gasteiger partial charge in [-0.05, 0) is 38.1 Å². The first kappa shape index (κ1) is 13.4. The highest BCUT2D eigenvalue weighted by atomic mass is 16.2. The van der Waals surface area contributed by atoms with Gasteiger partial charge in [-0.2, -0.15) is 0 Å². The van der Waals surface area contributed by atoms with E-state index in [0.717, 1.165) is 44.4 Å². The summed E-state index contributed by atoms with van der Waals surface area (Å²) in [6.45, 7) is 3.98. The van der Waals surface area contributed by atoms with Crippen molar-refractivity contribution in [2.24, 2.45) is 17.8 Å². The van der Waals surface area contributed by atoms with Crippen molar-refractivity contribution < 1.29 is 4.79 Å². The molecule has 1 heterocycles. The Bertz CT molecular complexity index is 323. The zero-order valence-corrected chi connectivity index (χ0v) is 12.3. The number of carbonyl (C=O) groups excluding carboxylic acids is 1. The minimum atomic E-state index is 0.350. The molecular weight excluding hydrogens is 236 g/mol. The van der Waals surface area contributed by atoms with Crippen LogP contribution in [-0.4, -0.2) is 48.9 Å². The molecule has 3 atom stereocenters. The molecule has 0 aromatic heterocycles. The molecule has 0 aromatic carbocycles. The number of likely N-dealkylation sites (N-methyl/N-ethyl adjacent to an activating group) is 1. The standard InChI is InChI=1S/C16H28N2O/c1-17-8-10-18(11-9-17)16(19)15-7-6-13-4-2-3-5-14(13)12-15/h13-15H,2-12H2,1H3/t13-,14+,15-/m0/s1. The van der Waals surface area contributed by atoms with Crippen molar-refractivity contribution in [1.29, 1.82) is 0 Å². The second-order valence-corrected chi connectivity index (χ2v) is 6.94. The van der Waals surface area contributed by atoms with Crippen LogP contribution in [0.25, 0.3) is 0 Å². The van der Waals surface area contributed by atoms with Crippen molar-refractivity contribution in [2.75, 3.05) is 33.2 Å². The van der Waals surface area contributed by atoms with Crippen molar-refractivity contribution in [3.8, 4) is 0 Å². The number of hydrogen-bond acceptors (Lipinski definition) is 2. The molecule has 0 aromatic rings. The molecule has 0 bridgehead atoms. The molecule has 2 saturated carbocycles. The van der Waals surface area contributed by atoms with Crippen LogP contribution in [0.3, 0.4) is 0 Å². The van der Waals surface area contributed by atoms with E-state index >= 15 is 0 Å². The first-order chi connectivity index (χ1) is 9.24. The second kappa shape index (κ2) is 5.82. The highest BCUT2D eigenvalue weighted by Crippen LogP contribution is 2.43. The van der Waals surface area contributed by atoms with Gasteiger partial charge in [-0.15, -0.1) is 0 Å². The fourth-order valence-corrected chi connectivity index (χ4v) is 4.38. The third-order valence-corrected chi connectivity index (χ3v) is 5.70. The van der Waals surface area contributed by atoms with E-state index in [4.69, 9.17) is 0 Å². The zero-order chi connectivity index (χ0) is 13.2. The minimum absolute atomic E-state index is 0.350. The van der Waals surface area contributed by atoms with Gasteiger partial charge in [-0.3, -0.25) is 4.79 Å². The first-order valence-corrected chi connectivity index (χ1v) is 8.21. The summed E-state index contributed by atoms with van der Waals surface area (Å²) >= 11 is 0. The Morgan fingerprint density at radius 1 is 0.895 bits per heavy atom. The van der Waals surface area contributed by atoms with E-state index in [9.17, 15) is 4.79 Å². The van der Waals surface area contributed by atoms with Crippen LogP contribution < -0.4 is 0 Å². The number of rotatable bonds is 1. The van der Waals surface area contributed by atoms with Crippen molar-refractivity contribution >= 4 is 5.91 Å². The van der Waals surface area contributed by atoms with E-state index in [1.807, 2.05) is 0 Å². The van der Waals surface area contributed by atoms with Crippen molar-refractivity contribution in [2.45, 2.75) is 44.9 Å². The molecule has 0 N–H and O–H groups in total. The Morgan fingerprint density at radius 2 is 1.58 bits per heavy atom. The summed E-state index contributed by atoms with van der Waals surface area (Å²) in [6, 6.07) is 0. The number of hydrogen-bond donors (Lipinski definition) is 0. The normalized spacial score (nSPS) is 36.9. The molecule has 0 unspecified atom stereocenters. The average Bonchev–Trinajstić information content (AvgIpc) is 2.47. The lowest BCUT2D eigenvalue weighted by atomic mass is 9.67. The lowest BCUT2D eigenvalue weighted by Crippen LogP contribution is -2.50. The summed E-state index contributed by atoms with van der Waals surface area (Å²) in [5, 5.41) is 0. The maximum atomic E-state index is 12.6. The van der Waals surface area contributed by atoms with E-state index in [1.54, 1.807) is 0 Å². The van der Waals surface area contributed by atoms with Crippen LogP contribution in [0.15, 0.2) is 0 Å². The number of nitrogens with zero attached hydrogens (tertiary/aromatic N) is 2. The van der Waals surface area contributed by atoms with Gasteiger partial charge in [0.2, 0.25) is 5.91 Å². The molecule has 3 heteroatoms. The van der Waals surface area contributed by atoms with Gasteiger partial charge < -0.3 is 9.80 Å². The predicted molar refractivity (Wildman–Crippen MR) is 76.9 cm³/mol. The molecule has 3 nitrogen and oxygen atoms in total. The summed E-state index contributed by atoms with van der Waals surface area (Å²) in [5.41, 5.74) is 0. The zero-order valence-electron chi connectivity index (χ0n) is 12.3. The SMILES string of the molecule is CN1CCN(C(=O)[C@H]2CC[C@@H]3CCCC[C@@H]3C2)CC1. The number of carbonyl (C=O) groups is 1. The van der Waals surface area contributed by atoms with E-state index in [2.05, 4.69) is 16.8 Å². The summed E-state index contributed by atoms with van der Waals surface area (Å²) in [4.78, 5) is 17.1. The summed E-state index contributed by atoms with van der Waals surface area (Å²) in [7, 11) is 2.15. The van der Waals surface area contributed by atoms with Crippen LogP contribution in [0.4, 0.5) is 0 Å². The predicted octanol–water partition coefficient (Wildman–Crippen LogP) is 2.37. The van der Waals surface area contributed by atoms with Crippen molar-refractivity contribution in [3.05, 3.63) is 0 Å². The van der Waals surface area contributed by atoms with Gasteiger partial charge in [0.05, 0.1) is 0 Å². The molecule has 3 fully saturated rings. The van der Waals surface area contributed by atoms with Crippen LogP contribution >= 0.6 is 0 Å². The van der Waals surface area contributed by atoms with Gasteiger partial charge in [-0.25, -0.2) is 0 Å². The summed E-state index contributed by atoms with van der Waals surface area (Å²) in [6.07, 6.45) is 9.31. The Labute approximate surface area is 117 Å². The van der Waals surface area contributed by atoms with Gasteiger partial charge in [0.1, 0.15) is 0 Å². The average molecular weight is 264 g/mol. The smallest absolute Gasteiger partial charge is 0.225 e. The molecule has 1 aliphatic heterocycles. The van der Waals surface area contributed by atoms with E-state index in [1.165, 1.54) is 38.5 Å². The third-order valence-electron chi connectivity index (χ3n) is 5.70. The third kappa shape index (κ3) is 2.96. The molecular formula is C16H28N2O. The quantitative estimate of drug-likeness (QED) is 0.726. The highest BCUT2D eigenvalue weighted by molar-refractivity contribution is 5.79. The first-order valence-electron chi connectivity index (χ1n) is 8.21. The molecule has 0 radical (unpaired) electrons. The molecule has 3 aliphatic rings. The lowest BCUT2D eigenvalue weighted by molar-refractivity contribution is -0.139. The van der Waals surface area contributed by atoms with Crippen LogP contribution in [-0.2, 0) is 4.79 Å². The van der Waals surface area contributed by atoms with Gasteiger partial charge in [0, 0.05) is 32.1 Å². The number of fused-ring (bicyclic) bond motifs is 1. The van der Waals surface area contributed by atoms with Gasteiger partial charge in [0.25, 0.3) is 0 Å². The highest BCUT2D eigenvalue weighted by Gasteiger charge is 2.36. The Kier molecular flexibility index (Phi) is 4.11. The van der Waals surface area contributed by atoms with Gasteiger partial charge in [0.15, 0.2) is 0 Å². The molecule has 1 amide bonds. The molecule has 108 valence electrons. The lowest BCUT2D eigenvalue weighted by Gasteiger charge is -2.41. The topological polar surface area (TPSA) is 23.6 Å². The second-order valence-electron chi connectivity index (χ2n) is 6.94. The van der Waals surface area contributed by atoms with Crippen molar-refractivity contribution in [3.63, 3.8) is 0 Å². The molecule has 19 heavy (non-hydrogen) atoms. The summed E-state index contributed by atoms with van der Waals surface area (Å²) < 4.78 is 0. The number of piperazine rings is 1. The largest absolute Gasteiger partial charge is 0.340 e. The summed E-state index contributed by atoms with van der Waals surface area (Å²) in [5.74, 6) is 2.63. The molecule has 2 aliphatic carbocycles. The van der Waals surface area contributed by atoms with Gasteiger partial charge in [-0.1, -0.05) is 25.7 Å². The van der Waals surface area contributed by atoms with Gasteiger partial charge >= 0.3 is 0 Å². The fraction of sp³-hybridized carbons (Fsp3) is 0.938. The monoisotopic (exact) mass is 264 g/mol. The van der Waals surface area contributed by atoms with Crippen LogP contribution in [0, 0.1) is 17.8 Å².